The fourth-order valence-corrected chi connectivity index (χ4v) is 13.2. The van der Waals surface area contributed by atoms with E-state index in [0.717, 1.165) is 28.1 Å². The molecule has 0 atom stereocenters. The Labute approximate surface area is 416 Å². The lowest BCUT2D eigenvalue weighted by atomic mass is 9.55. The van der Waals surface area contributed by atoms with Crippen LogP contribution in [0.15, 0.2) is 261 Å². The molecule has 334 valence electrons. The fraction of sp³-hybridized carbons (Fsp3) is 0.0714. The summed E-state index contributed by atoms with van der Waals surface area (Å²) in [6, 6.07) is 97.3. The summed E-state index contributed by atoms with van der Waals surface area (Å²) in [6.07, 6.45) is 0. The highest BCUT2D eigenvalue weighted by molar-refractivity contribution is 5.98. The molecule has 0 saturated carbocycles. The van der Waals surface area contributed by atoms with Crippen LogP contribution in [0.4, 0.5) is 0 Å². The first-order valence-electron chi connectivity index (χ1n) is 24.9. The molecule has 0 N–H and O–H groups in total. The summed E-state index contributed by atoms with van der Waals surface area (Å²) in [5.41, 5.74) is 25.7. The van der Waals surface area contributed by atoms with E-state index in [4.69, 9.17) is 4.98 Å². The number of benzene rings is 10. The molecule has 0 radical (unpaired) electrons. The van der Waals surface area contributed by atoms with Gasteiger partial charge in [0.25, 0.3) is 0 Å². The summed E-state index contributed by atoms with van der Waals surface area (Å²) in [6.45, 7) is 4.80. The van der Waals surface area contributed by atoms with Crippen molar-refractivity contribution < 1.29 is 0 Å². The first-order valence-corrected chi connectivity index (χ1v) is 24.9. The lowest BCUT2D eigenvalue weighted by molar-refractivity contribution is 0.563. The molecule has 14 rings (SSSR count). The molecule has 3 aliphatic rings. The van der Waals surface area contributed by atoms with E-state index in [1.54, 1.807) is 0 Å². The molecule has 0 fully saturated rings. The predicted molar refractivity (Wildman–Crippen MR) is 293 cm³/mol. The molecule has 11 aromatic rings. The maximum Gasteiger partial charge on any atom is 0.0722 e. The van der Waals surface area contributed by atoms with E-state index < -0.39 is 10.8 Å². The second kappa shape index (κ2) is 15.7. The maximum atomic E-state index is 5.61. The van der Waals surface area contributed by atoms with Crippen molar-refractivity contribution in [2.75, 3.05) is 0 Å². The summed E-state index contributed by atoms with van der Waals surface area (Å²) in [7, 11) is 0. The molecule has 1 aromatic heterocycles. The average molecular weight is 904 g/mol. The molecule has 1 heteroatoms. The van der Waals surface area contributed by atoms with Gasteiger partial charge in [0.15, 0.2) is 0 Å². The zero-order chi connectivity index (χ0) is 47.3. The normalized spacial score (nSPS) is 14.7. The molecular formula is C70H49N. The summed E-state index contributed by atoms with van der Waals surface area (Å²) in [5, 5.41) is 0. The monoisotopic (exact) mass is 903 g/mol. The molecule has 71 heavy (non-hydrogen) atoms. The van der Waals surface area contributed by atoms with Gasteiger partial charge in [-0.15, -0.1) is 0 Å². The van der Waals surface area contributed by atoms with E-state index in [9.17, 15) is 0 Å². The van der Waals surface area contributed by atoms with Crippen LogP contribution in [0.5, 0.6) is 0 Å². The highest BCUT2D eigenvalue weighted by Gasteiger charge is 2.54. The Balaban J connectivity index is 1.06. The third-order valence-electron chi connectivity index (χ3n) is 16.2. The van der Waals surface area contributed by atoms with Gasteiger partial charge in [0.05, 0.1) is 22.2 Å². The van der Waals surface area contributed by atoms with Gasteiger partial charge in [0.2, 0.25) is 0 Å². The second-order valence-electron chi connectivity index (χ2n) is 20.1. The quantitative estimate of drug-likeness (QED) is 0.162. The summed E-state index contributed by atoms with van der Waals surface area (Å²) in [4.78, 5) is 5.61. The van der Waals surface area contributed by atoms with Gasteiger partial charge in [-0.05, 0) is 124 Å². The minimum Gasteiger partial charge on any atom is -0.248 e. The van der Waals surface area contributed by atoms with Gasteiger partial charge in [-0.25, -0.2) is 4.98 Å². The van der Waals surface area contributed by atoms with Crippen LogP contribution >= 0.6 is 0 Å². The van der Waals surface area contributed by atoms with Crippen molar-refractivity contribution >= 4 is 0 Å². The van der Waals surface area contributed by atoms with Gasteiger partial charge in [0, 0.05) is 16.5 Å². The Morgan fingerprint density at radius 1 is 0.254 bits per heavy atom. The van der Waals surface area contributed by atoms with Crippen molar-refractivity contribution in [3.8, 4) is 67.0 Å². The van der Waals surface area contributed by atoms with E-state index in [1.165, 1.54) is 94.6 Å². The van der Waals surface area contributed by atoms with Crippen LogP contribution in [0.25, 0.3) is 67.0 Å². The molecule has 3 aliphatic carbocycles. The van der Waals surface area contributed by atoms with Crippen molar-refractivity contribution in [1.82, 2.24) is 4.98 Å². The number of pyridine rings is 1. The van der Waals surface area contributed by atoms with E-state index in [1.807, 2.05) is 0 Å². The Kier molecular flexibility index (Phi) is 9.13. The van der Waals surface area contributed by atoms with Crippen LogP contribution in [0.3, 0.4) is 0 Å². The molecule has 0 aliphatic heterocycles. The topological polar surface area (TPSA) is 12.9 Å². The highest BCUT2D eigenvalue weighted by atomic mass is 14.7. The van der Waals surface area contributed by atoms with Crippen LogP contribution in [-0.2, 0) is 16.2 Å². The SMILES string of the molecule is CC1(C)c2ccccc2C2(c3ccc(-c4ccc5c(c4)C(c4ccccc4)(c4ccccc4)c4ccccc4-5)cc3-c3c(-c4cc(-c5ccccc5)cc(-c5ccccc5)n4)cccc32)c2ccccc21. The highest BCUT2D eigenvalue weighted by Crippen LogP contribution is 2.64. The Morgan fingerprint density at radius 3 is 1.37 bits per heavy atom. The largest absolute Gasteiger partial charge is 0.248 e. The van der Waals surface area contributed by atoms with Gasteiger partial charge in [-0.2, -0.15) is 0 Å². The summed E-state index contributed by atoms with van der Waals surface area (Å²) < 4.78 is 0. The summed E-state index contributed by atoms with van der Waals surface area (Å²) in [5.74, 6) is 0. The lowest BCUT2D eigenvalue weighted by Crippen LogP contribution is -2.40. The number of hydrogen-bond donors (Lipinski definition) is 0. The van der Waals surface area contributed by atoms with Crippen molar-refractivity contribution in [3.63, 3.8) is 0 Å². The zero-order valence-corrected chi connectivity index (χ0v) is 39.8. The predicted octanol–water partition coefficient (Wildman–Crippen LogP) is 17.1. The molecule has 0 unspecified atom stereocenters. The fourth-order valence-electron chi connectivity index (χ4n) is 13.2. The standard InChI is InChI=1S/C70H49N/c1-68(2)59-33-17-19-35-61(59)70(62-36-20-18-34-60(62)68)58-41-39-48(49-38-40-54-53-30-15-16-32-57(53)69(64(54)43-49,51-26-11-5-12-27-51)52-28-13-6-14-29-52)42-56(58)67-55(31-21-37-63(67)70)66-45-50(46-22-7-3-8-23-46)44-65(71-66)47-24-9-4-10-25-47/h3-45H,1-2H3. The third kappa shape index (κ3) is 5.84. The molecule has 0 saturated heterocycles. The van der Waals surface area contributed by atoms with Crippen LogP contribution in [0, 0.1) is 0 Å². The van der Waals surface area contributed by atoms with Gasteiger partial charge < -0.3 is 0 Å². The molecule has 0 bridgehead atoms. The van der Waals surface area contributed by atoms with Crippen LogP contribution < -0.4 is 0 Å². The Hall–Kier alpha value is -8.65. The van der Waals surface area contributed by atoms with Crippen molar-refractivity contribution in [2.24, 2.45) is 0 Å². The van der Waals surface area contributed by atoms with Gasteiger partial charge in [-0.3, -0.25) is 0 Å². The van der Waals surface area contributed by atoms with E-state index in [2.05, 4.69) is 275 Å². The number of fused-ring (bicyclic) bond motifs is 12. The van der Waals surface area contributed by atoms with E-state index in [0.29, 0.717) is 0 Å². The number of nitrogens with zero attached hydrogens (tertiary/aromatic N) is 1. The maximum absolute atomic E-state index is 5.61. The molecule has 1 nitrogen and oxygen atoms in total. The van der Waals surface area contributed by atoms with Crippen LogP contribution in [-0.4, -0.2) is 4.98 Å². The summed E-state index contributed by atoms with van der Waals surface area (Å²) >= 11 is 0. The zero-order valence-electron chi connectivity index (χ0n) is 39.8. The van der Waals surface area contributed by atoms with Gasteiger partial charge >= 0.3 is 0 Å². The van der Waals surface area contributed by atoms with Gasteiger partial charge in [-0.1, -0.05) is 250 Å². The minimum absolute atomic E-state index is 0.207. The Morgan fingerprint density at radius 2 is 0.718 bits per heavy atom. The van der Waals surface area contributed by atoms with Crippen molar-refractivity contribution in [2.45, 2.75) is 30.1 Å². The molecular weight excluding hydrogens is 855 g/mol. The van der Waals surface area contributed by atoms with E-state index in [-0.39, 0.29) is 5.41 Å². The average Bonchev–Trinajstić information content (AvgIpc) is 3.92. The Bertz CT molecular complexity index is 3740. The molecule has 1 heterocycles. The first-order chi connectivity index (χ1) is 35.0. The van der Waals surface area contributed by atoms with Crippen LogP contribution in [0.1, 0.15) is 69.5 Å². The third-order valence-corrected chi connectivity index (χ3v) is 16.2. The second-order valence-corrected chi connectivity index (χ2v) is 20.1. The van der Waals surface area contributed by atoms with Crippen molar-refractivity contribution in [1.29, 1.82) is 0 Å². The van der Waals surface area contributed by atoms with Crippen molar-refractivity contribution in [3.05, 3.63) is 316 Å². The number of aromatic nitrogens is 1. The number of rotatable bonds is 6. The lowest BCUT2D eigenvalue weighted by Gasteiger charge is -2.46. The van der Waals surface area contributed by atoms with Crippen LogP contribution in [0.2, 0.25) is 0 Å². The number of hydrogen-bond acceptors (Lipinski definition) is 1. The smallest absolute Gasteiger partial charge is 0.0722 e. The van der Waals surface area contributed by atoms with Gasteiger partial charge in [0.1, 0.15) is 0 Å². The minimum atomic E-state index is -0.573. The first kappa shape index (κ1) is 41.3. The molecule has 0 amide bonds. The molecule has 1 spiro atoms. The van der Waals surface area contributed by atoms with E-state index >= 15 is 0 Å². The molecule has 10 aromatic carbocycles.